The van der Waals surface area contributed by atoms with E-state index in [2.05, 4.69) is 25.4 Å². The van der Waals surface area contributed by atoms with Gasteiger partial charge in [0.2, 0.25) is 5.91 Å². The van der Waals surface area contributed by atoms with Gasteiger partial charge in [-0.25, -0.2) is 0 Å². The molecule has 6 rings (SSSR count). The lowest BCUT2D eigenvalue weighted by molar-refractivity contribution is -0.286. The molecule has 3 heterocycles. The summed E-state index contributed by atoms with van der Waals surface area (Å²) < 4.78 is 45.9. The zero-order chi connectivity index (χ0) is 27.1. The number of carbonyl (C=O) groups is 3. The molecule has 0 unspecified atom stereocenters. The molecule has 3 fully saturated rings. The van der Waals surface area contributed by atoms with Gasteiger partial charge in [-0.05, 0) is 49.9 Å². The zero-order valence-electron chi connectivity index (χ0n) is 19.6. The molecule has 0 radical (unpaired) electrons. The molecule has 2 saturated heterocycles. The maximum absolute atomic E-state index is 13.2. The molecule has 1 aliphatic carbocycles. The molecule has 0 aromatic heterocycles. The van der Waals surface area contributed by atoms with E-state index < -0.39 is 41.8 Å². The second-order valence-corrected chi connectivity index (χ2v) is 9.96. The smallest absolute Gasteiger partial charge is 0.484 e. The van der Waals surface area contributed by atoms with Gasteiger partial charge in [0.1, 0.15) is 22.7 Å². The molecule has 38 heavy (non-hydrogen) atoms. The molecule has 0 atom stereocenters. The Labute approximate surface area is 224 Å². The number of carbonyl (C=O) groups excluding carboxylic acids is 3. The maximum atomic E-state index is 13.2. The fourth-order valence-electron chi connectivity index (χ4n) is 4.62. The summed E-state index contributed by atoms with van der Waals surface area (Å²) in [5, 5.41) is 8.98. The van der Waals surface area contributed by atoms with E-state index in [9.17, 15) is 23.2 Å². The van der Waals surface area contributed by atoms with Gasteiger partial charge in [0.25, 0.3) is 11.8 Å². The van der Waals surface area contributed by atoms with Crippen molar-refractivity contribution < 1.29 is 42.1 Å². The fourth-order valence-corrected chi connectivity index (χ4v) is 4.91. The van der Waals surface area contributed by atoms with Gasteiger partial charge >= 0.3 is 6.29 Å². The van der Waals surface area contributed by atoms with Crippen LogP contribution < -0.4 is 34.9 Å². The Morgan fingerprint density at radius 3 is 2.13 bits per heavy atom. The highest BCUT2D eigenvalue weighted by atomic mass is 35.5. The third-order valence-electron chi connectivity index (χ3n) is 6.51. The molecule has 3 amide bonds. The lowest BCUT2D eigenvalue weighted by atomic mass is 9.71. The average Bonchev–Trinajstić information content (AvgIpc) is 3.17. The summed E-state index contributed by atoms with van der Waals surface area (Å²) in [4.78, 5) is 38.0. The third kappa shape index (κ3) is 5.37. The van der Waals surface area contributed by atoms with Crippen molar-refractivity contribution in [3.05, 3.63) is 46.4 Å². The molecule has 14 heteroatoms. The summed E-state index contributed by atoms with van der Waals surface area (Å²) in [7, 11) is 0. The van der Waals surface area contributed by atoms with Crippen molar-refractivity contribution in [2.75, 3.05) is 13.2 Å². The molecule has 202 valence electrons. The van der Waals surface area contributed by atoms with E-state index in [1.54, 1.807) is 12.1 Å². The Hall–Kier alpha value is -3.51. The summed E-state index contributed by atoms with van der Waals surface area (Å²) in [5.41, 5.74) is -2.10. The number of piperidine rings is 2. The second-order valence-electron chi connectivity index (χ2n) is 9.14. The Balaban J connectivity index is 1.11. The monoisotopic (exact) mass is 571 g/mol. The van der Waals surface area contributed by atoms with Crippen LogP contribution in [0.25, 0.3) is 0 Å². The lowest BCUT2D eigenvalue weighted by Crippen LogP contribution is -2.77. The molecular weight excluding hydrogens is 551 g/mol. The van der Waals surface area contributed by atoms with Crippen LogP contribution in [0.4, 0.5) is 8.78 Å². The largest absolute Gasteiger partial charge is 0.586 e. The minimum Gasteiger partial charge on any atom is -0.484 e. The van der Waals surface area contributed by atoms with Gasteiger partial charge < -0.3 is 34.9 Å². The number of alkyl halides is 2. The summed E-state index contributed by atoms with van der Waals surface area (Å²) in [5.74, 6) is -1.31. The first kappa shape index (κ1) is 26.1. The molecule has 3 N–H and O–H groups in total. The first-order chi connectivity index (χ1) is 18.0. The van der Waals surface area contributed by atoms with Crippen LogP contribution in [0.1, 0.15) is 25.7 Å². The Morgan fingerprint density at radius 1 is 0.868 bits per heavy atom. The number of nitrogens with one attached hydrogen (secondary N) is 3. The molecule has 2 aromatic rings. The van der Waals surface area contributed by atoms with Gasteiger partial charge in [0.05, 0.1) is 10.0 Å². The van der Waals surface area contributed by atoms with Crippen LogP contribution in [0.15, 0.2) is 36.4 Å². The van der Waals surface area contributed by atoms with Crippen LogP contribution >= 0.6 is 23.2 Å². The van der Waals surface area contributed by atoms with Crippen LogP contribution in [0.3, 0.4) is 0 Å². The summed E-state index contributed by atoms with van der Waals surface area (Å²) in [6.45, 7) is -0.759. The van der Waals surface area contributed by atoms with Crippen LogP contribution in [0.5, 0.6) is 23.0 Å². The highest BCUT2D eigenvalue weighted by Crippen LogP contribution is 2.43. The van der Waals surface area contributed by atoms with Crippen LogP contribution in [0, 0.1) is 0 Å². The fraction of sp³-hybridized carbons (Fsp3) is 0.375. The third-order valence-corrected chi connectivity index (χ3v) is 7.24. The molecule has 3 aliphatic heterocycles. The number of amides is 3. The predicted octanol–water partition coefficient (Wildman–Crippen LogP) is 3.14. The molecule has 10 nitrogen and oxygen atoms in total. The van der Waals surface area contributed by atoms with Crippen molar-refractivity contribution in [2.45, 2.75) is 43.2 Å². The van der Waals surface area contributed by atoms with Crippen molar-refractivity contribution in [1.29, 1.82) is 0 Å². The molecule has 0 spiro atoms. The molecule has 2 aromatic carbocycles. The minimum absolute atomic E-state index is 0.124. The Kier molecular flexibility index (Phi) is 6.64. The summed E-state index contributed by atoms with van der Waals surface area (Å²) >= 11 is 11.8. The van der Waals surface area contributed by atoms with Crippen molar-refractivity contribution in [3.8, 4) is 23.0 Å². The normalized spacial score (nSPS) is 24.4. The van der Waals surface area contributed by atoms with E-state index in [0.717, 1.165) is 0 Å². The minimum atomic E-state index is -3.76. The molecule has 1 saturated carbocycles. The van der Waals surface area contributed by atoms with E-state index in [1.165, 1.54) is 24.3 Å². The lowest BCUT2D eigenvalue weighted by Gasteiger charge is -2.52. The first-order valence-electron chi connectivity index (χ1n) is 11.5. The van der Waals surface area contributed by atoms with E-state index in [1.807, 2.05) is 0 Å². The Bertz CT molecular complexity index is 1300. The topological polar surface area (TPSA) is 124 Å². The zero-order valence-corrected chi connectivity index (χ0v) is 21.1. The molecular formula is C24H21Cl2F2N3O7. The van der Waals surface area contributed by atoms with Crippen molar-refractivity contribution in [1.82, 2.24) is 16.0 Å². The number of rotatable bonds is 8. The predicted molar refractivity (Wildman–Crippen MR) is 128 cm³/mol. The van der Waals surface area contributed by atoms with E-state index in [-0.39, 0.29) is 28.9 Å². The quantitative estimate of drug-likeness (QED) is 0.444. The van der Waals surface area contributed by atoms with E-state index in [0.29, 0.717) is 36.5 Å². The number of hydrogen-bond donors (Lipinski definition) is 3. The SMILES string of the molecule is O=C(COc1ccc2c(c1)OC(F)(F)O2)NC12CCC(NC(=O)COc3ccc(Cl)c(Cl)c3)(CC1)C(=O)N2. The van der Waals surface area contributed by atoms with Crippen molar-refractivity contribution in [2.24, 2.45) is 0 Å². The van der Waals surface area contributed by atoms with Gasteiger partial charge in [-0.2, -0.15) is 0 Å². The number of fused-ring (bicyclic) bond motifs is 4. The maximum Gasteiger partial charge on any atom is 0.586 e. The number of benzene rings is 2. The summed E-state index contributed by atoms with van der Waals surface area (Å²) in [6, 6.07) is 8.39. The summed E-state index contributed by atoms with van der Waals surface area (Å²) in [6.07, 6.45) is -2.41. The first-order valence-corrected chi connectivity index (χ1v) is 12.3. The highest BCUT2D eigenvalue weighted by molar-refractivity contribution is 6.42. The van der Waals surface area contributed by atoms with Gasteiger partial charge in [0, 0.05) is 12.1 Å². The highest BCUT2D eigenvalue weighted by Gasteiger charge is 2.55. The molecule has 2 bridgehead atoms. The second kappa shape index (κ2) is 9.66. The van der Waals surface area contributed by atoms with Crippen LogP contribution in [0.2, 0.25) is 10.0 Å². The number of hydrogen-bond acceptors (Lipinski definition) is 7. The van der Waals surface area contributed by atoms with Crippen LogP contribution in [-0.4, -0.2) is 48.4 Å². The van der Waals surface area contributed by atoms with Gasteiger partial charge in [0.15, 0.2) is 24.7 Å². The number of ether oxygens (including phenoxy) is 4. The van der Waals surface area contributed by atoms with Crippen LogP contribution in [-0.2, 0) is 14.4 Å². The number of halogens is 4. The van der Waals surface area contributed by atoms with E-state index >= 15 is 0 Å². The van der Waals surface area contributed by atoms with Gasteiger partial charge in [-0.15, -0.1) is 8.78 Å². The molecule has 4 aliphatic rings. The average molecular weight is 572 g/mol. The van der Waals surface area contributed by atoms with Crippen molar-refractivity contribution in [3.63, 3.8) is 0 Å². The Morgan fingerprint density at radius 2 is 1.47 bits per heavy atom. The van der Waals surface area contributed by atoms with Crippen molar-refractivity contribution >= 4 is 40.9 Å². The standard InChI is InChI=1S/C24H21Cl2F2N3O7/c25-15-3-1-13(9-16(15)26)35-11-19(32)29-22-5-7-23(8-6-22,31-21(22)34)30-20(33)12-36-14-2-4-17-18(10-14)38-24(27,28)37-17/h1-4,9-10H,5-8,11-12H2,(H,29,32)(H,30,33)(H,31,34). The van der Waals surface area contributed by atoms with Gasteiger partial charge in [-0.1, -0.05) is 23.2 Å². The van der Waals surface area contributed by atoms with Gasteiger partial charge in [-0.3, -0.25) is 14.4 Å². The van der Waals surface area contributed by atoms with E-state index in [4.69, 9.17) is 32.7 Å².